The minimum absolute atomic E-state index is 0.166. The maximum absolute atomic E-state index is 14.2. The molecule has 0 aromatic heterocycles. The SMILES string of the molecule is COc1cccc(C(CN2CCN(S(=O)(=O)c3ccc(F)cc3F)CC2)OCc2ccc(C#N)cc2)c1. The summed E-state index contributed by atoms with van der Waals surface area (Å²) in [5.74, 6) is -1.23. The Morgan fingerprint density at radius 1 is 1.00 bits per heavy atom. The summed E-state index contributed by atoms with van der Waals surface area (Å²) in [5.41, 5.74) is 2.40. The summed E-state index contributed by atoms with van der Waals surface area (Å²) >= 11 is 0. The number of sulfonamides is 1. The van der Waals surface area contributed by atoms with Gasteiger partial charge in [-0.2, -0.15) is 9.57 Å². The first-order valence-electron chi connectivity index (χ1n) is 11.7. The molecule has 0 aliphatic carbocycles. The Bertz CT molecular complexity index is 1370. The first-order chi connectivity index (χ1) is 17.8. The highest BCUT2D eigenvalue weighted by atomic mass is 32.2. The van der Waals surface area contributed by atoms with E-state index in [1.54, 1.807) is 19.2 Å². The van der Waals surface area contributed by atoms with Gasteiger partial charge in [0.1, 0.15) is 22.3 Å². The Kier molecular flexibility index (Phi) is 8.51. The van der Waals surface area contributed by atoms with Crippen molar-refractivity contribution in [2.75, 3.05) is 39.8 Å². The Hall–Kier alpha value is -3.36. The largest absolute Gasteiger partial charge is 0.497 e. The predicted molar refractivity (Wildman–Crippen MR) is 133 cm³/mol. The van der Waals surface area contributed by atoms with Gasteiger partial charge in [0.05, 0.1) is 31.5 Å². The molecule has 3 aromatic carbocycles. The van der Waals surface area contributed by atoms with Crippen LogP contribution in [-0.4, -0.2) is 57.5 Å². The standard InChI is InChI=1S/C27H27F2N3O4S/c1-35-24-4-2-3-22(15-24)26(36-19-21-7-5-20(17-30)6-8-21)18-31-11-13-32(14-12-31)37(33,34)27-10-9-23(28)16-25(27)29/h2-10,15-16,26H,11-14,18-19H2,1H3. The molecule has 0 saturated carbocycles. The summed E-state index contributed by atoms with van der Waals surface area (Å²) in [7, 11) is -2.49. The normalized spacial score (nSPS) is 15.7. The molecule has 1 heterocycles. The number of hydrogen-bond acceptors (Lipinski definition) is 6. The zero-order valence-electron chi connectivity index (χ0n) is 20.3. The molecule has 7 nitrogen and oxygen atoms in total. The number of rotatable bonds is 9. The molecule has 37 heavy (non-hydrogen) atoms. The van der Waals surface area contributed by atoms with Crippen LogP contribution in [0.4, 0.5) is 8.78 Å². The molecule has 0 spiro atoms. The number of ether oxygens (including phenoxy) is 2. The van der Waals surface area contributed by atoms with Gasteiger partial charge >= 0.3 is 0 Å². The molecule has 0 bridgehead atoms. The maximum atomic E-state index is 14.2. The van der Waals surface area contributed by atoms with Gasteiger partial charge in [-0.25, -0.2) is 17.2 Å². The average Bonchev–Trinajstić information content (AvgIpc) is 2.91. The summed E-state index contributed by atoms with van der Waals surface area (Å²) in [6.45, 7) is 2.00. The van der Waals surface area contributed by atoms with Crippen molar-refractivity contribution in [1.29, 1.82) is 5.26 Å². The van der Waals surface area contributed by atoms with E-state index >= 15 is 0 Å². The molecule has 1 aliphatic heterocycles. The second-order valence-corrected chi connectivity index (χ2v) is 10.6. The number of halogens is 2. The van der Waals surface area contributed by atoms with Crippen LogP contribution >= 0.6 is 0 Å². The summed E-state index contributed by atoms with van der Waals surface area (Å²) < 4.78 is 66.2. The van der Waals surface area contributed by atoms with Crippen molar-refractivity contribution in [3.8, 4) is 11.8 Å². The van der Waals surface area contributed by atoms with E-state index in [2.05, 4.69) is 11.0 Å². The van der Waals surface area contributed by atoms with E-state index in [0.29, 0.717) is 43.6 Å². The van der Waals surface area contributed by atoms with Crippen LogP contribution in [0.1, 0.15) is 22.8 Å². The van der Waals surface area contributed by atoms with Crippen LogP contribution in [0.2, 0.25) is 0 Å². The van der Waals surface area contributed by atoms with Crippen molar-refractivity contribution in [3.05, 3.63) is 95.1 Å². The second kappa shape index (κ2) is 11.8. The summed E-state index contributed by atoms with van der Waals surface area (Å²) in [6.07, 6.45) is -0.330. The highest BCUT2D eigenvalue weighted by Crippen LogP contribution is 2.26. The van der Waals surface area contributed by atoms with Gasteiger partial charge in [0.25, 0.3) is 0 Å². The lowest BCUT2D eigenvalue weighted by Crippen LogP contribution is -2.49. The van der Waals surface area contributed by atoms with Crippen molar-refractivity contribution >= 4 is 10.0 Å². The second-order valence-electron chi connectivity index (χ2n) is 8.66. The molecular formula is C27H27F2N3O4S. The highest BCUT2D eigenvalue weighted by molar-refractivity contribution is 7.89. The van der Waals surface area contributed by atoms with Crippen molar-refractivity contribution in [2.45, 2.75) is 17.6 Å². The number of nitrogens with zero attached hydrogens (tertiary/aromatic N) is 3. The van der Waals surface area contributed by atoms with Crippen molar-refractivity contribution in [3.63, 3.8) is 0 Å². The van der Waals surface area contributed by atoms with Crippen LogP contribution in [0.5, 0.6) is 5.75 Å². The van der Waals surface area contributed by atoms with Gasteiger partial charge in [0, 0.05) is 38.8 Å². The lowest BCUT2D eigenvalue weighted by molar-refractivity contribution is 0.00762. The third kappa shape index (κ3) is 6.50. The van der Waals surface area contributed by atoms with Gasteiger partial charge in [0.15, 0.2) is 0 Å². The van der Waals surface area contributed by atoms with Crippen molar-refractivity contribution < 1.29 is 26.7 Å². The maximum Gasteiger partial charge on any atom is 0.246 e. The molecule has 10 heteroatoms. The third-order valence-corrected chi connectivity index (χ3v) is 8.20. The van der Waals surface area contributed by atoms with Gasteiger partial charge in [-0.1, -0.05) is 24.3 Å². The van der Waals surface area contributed by atoms with E-state index < -0.39 is 26.6 Å². The molecule has 0 radical (unpaired) electrons. The molecule has 0 amide bonds. The van der Waals surface area contributed by atoms with Crippen LogP contribution < -0.4 is 4.74 Å². The minimum Gasteiger partial charge on any atom is -0.497 e. The molecule has 194 valence electrons. The van der Waals surface area contributed by atoms with Gasteiger partial charge in [-0.3, -0.25) is 4.90 Å². The monoisotopic (exact) mass is 527 g/mol. The number of piperazine rings is 1. The smallest absolute Gasteiger partial charge is 0.246 e. The van der Waals surface area contributed by atoms with Gasteiger partial charge in [-0.05, 0) is 47.5 Å². The lowest BCUT2D eigenvalue weighted by atomic mass is 10.1. The van der Waals surface area contributed by atoms with E-state index in [1.165, 1.54) is 4.31 Å². The van der Waals surface area contributed by atoms with Crippen molar-refractivity contribution in [1.82, 2.24) is 9.21 Å². The minimum atomic E-state index is -4.08. The fourth-order valence-corrected chi connectivity index (χ4v) is 5.65. The Labute approximate surface area is 215 Å². The Morgan fingerprint density at radius 3 is 2.38 bits per heavy atom. The molecule has 1 atom stereocenters. The van der Waals surface area contributed by atoms with E-state index in [9.17, 15) is 17.2 Å². The molecule has 1 unspecified atom stereocenters. The molecule has 1 saturated heterocycles. The topological polar surface area (TPSA) is 82.9 Å². The fourth-order valence-electron chi connectivity index (χ4n) is 4.18. The zero-order valence-corrected chi connectivity index (χ0v) is 21.1. The molecule has 0 N–H and O–H groups in total. The molecule has 1 fully saturated rings. The number of benzene rings is 3. The quantitative estimate of drug-likeness (QED) is 0.417. The summed E-state index contributed by atoms with van der Waals surface area (Å²) in [6, 6.07) is 19.3. The Morgan fingerprint density at radius 2 is 1.73 bits per heavy atom. The van der Waals surface area contributed by atoms with Crippen LogP contribution in [0.3, 0.4) is 0 Å². The van der Waals surface area contributed by atoms with E-state index in [0.717, 1.165) is 23.3 Å². The zero-order chi connectivity index (χ0) is 26.4. The number of hydrogen-bond donors (Lipinski definition) is 0. The van der Waals surface area contributed by atoms with Crippen LogP contribution in [-0.2, 0) is 21.4 Å². The average molecular weight is 528 g/mol. The first kappa shape index (κ1) is 26.7. The van der Waals surface area contributed by atoms with Crippen LogP contribution in [0.15, 0.2) is 71.6 Å². The number of methoxy groups -OCH3 is 1. The predicted octanol–water partition coefficient (Wildman–Crippen LogP) is 4.11. The molecule has 3 aromatic rings. The third-order valence-electron chi connectivity index (χ3n) is 6.27. The van der Waals surface area contributed by atoms with Gasteiger partial charge in [-0.15, -0.1) is 0 Å². The van der Waals surface area contributed by atoms with Gasteiger partial charge < -0.3 is 9.47 Å². The van der Waals surface area contributed by atoms with Gasteiger partial charge in [0.2, 0.25) is 10.0 Å². The van der Waals surface area contributed by atoms with E-state index in [-0.39, 0.29) is 19.2 Å². The Balaban J connectivity index is 1.44. The number of nitriles is 1. The van der Waals surface area contributed by atoms with E-state index in [4.69, 9.17) is 14.7 Å². The first-order valence-corrected chi connectivity index (χ1v) is 13.2. The molecule has 4 rings (SSSR count). The van der Waals surface area contributed by atoms with Crippen molar-refractivity contribution in [2.24, 2.45) is 0 Å². The summed E-state index contributed by atoms with van der Waals surface area (Å²) in [5, 5.41) is 9.01. The highest BCUT2D eigenvalue weighted by Gasteiger charge is 2.31. The van der Waals surface area contributed by atoms with Crippen LogP contribution in [0, 0.1) is 23.0 Å². The fraction of sp³-hybridized carbons (Fsp3) is 0.296. The summed E-state index contributed by atoms with van der Waals surface area (Å²) in [4.78, 5) is 1.57. The molecular weight excluding hydrogens is 500 g/mol. The lowest BCUT2D eigenvalue weighted by Gasteiger charge is -2.36. The molecule has 1 aliphatic rings. The van der Waals surface area contributed by atoms with Crippen LogP contribution in [0.25, 0.3) is 0 Å². The van der Waals surface area contributed by atoms with E-state index in [1.807, 2.05) is 36.4 Å².